The number of nitrogens with two attached hydrogens (primary N) is 1. The predicted octanol–water partition coefficient (Wildman–Crippen LogP) is 0.349. The number of nitrogens with zero attached hydrogens (tertiary/aromatic N) is 3. The molecule has 0 amide bonds. The molecule has 6 nitrogen and oxygen atoms in total. The third kappa shape index (κ3) is 2.96. The van der Waals surface area contributed by atoms with Crippen LogP contribution in [0, 0.1) is 0 Å². The zero-order valence-electron chi connectivity index (χ0n) is 9.20. The smallest absolute Gasteiger partial charge is 0.209 e. The fraction of sp³-hybridized carbons (Fsp3) is 0.333. The molecule has 17 heavy (non-hydrogen) atoms. The van der Waals surface area contributed by atoms with Gasteiger partial charge in [-0.05, 0) is 6.07 Å². The fourth-order valence-corrected chi connectivity index (χ4v) is 3.28. The Kier molecular flexibility index (Phi) is 3.36. The molecule has 0 radical (unpaired) electrons. The van der Waals surface area contributed by atoms with Gasteiger partial charge in [-0.3, -0.25) is 0 Å². The quantitative estimate of drug-likeness (QED) is 0.811. The van der Waals surface area contributed by atoms with Crippen molar-refractivity contribution in [3.8, 4) is 0 Å². The lowest BCUT2D eigenvalue weighted by atomic mass is 10.4. The van der Waals surface area contributed by atoms with Crippen LogP contribution in [-0.4, -0.2) is 34.5 Å². The summed E-state index contributed by atoms with van der Waals surface area (Å²) in [5.41, 5.74) is 1.76. The van der Waals surface area contributed by atoms with Crippen LogP contribution in [0.5, 0.6) is 0 Å². The van der Waals surface area contributed by atoms with Crippen molar-refractivity contribution < 1.29 is 8.42 Å². The van der Waals surface area contributed by atoms with Gasteiger partial charge in [0.25, 0.3) is 0 Å². The van der Waals surface area contributed by atoms with E-state index in [0.717, 1.165) is 16.1 Å². The maximum absolute atomic E-state index is 10.8. The summed E-state index contributed by atoms with van der Waals surface area (Å²) < 4.78 is 23.5. The molecule has 0 aliphatic heterocycles. The minimum atomic E-state index is -3.42. The van der Waals surface area contributed by atoms with Gasteiger partial charge in [-0.1, -0.05) is 0 Å². The standard InChI is InChI=1S/C9H12N4O2S2/c1-13-6-12-8-7(13)2-3-11-9(8)16-4-5-17(10,14)15/h2-3,6H,4-5H2,1H3,(H2,10,14,15). The van der Waals surface area contributed by atoms with Crippen LogP contribution in [0.15, 0.2) is 23.6 Å². The van der Waals surface area contributed by atoms with Gasteiger partial charge in [0.05, 0.1) is 17.6 Å². The summed E-state index contributed by atoms with van der Waals surface area (Å²) in [5.74, 6) is 0.310. The molecule has 0 unspecified atom stereocenters. The highest BCUT2D eigenvalue weighted by molar-refractivity contribution is 8.00. The van der Waals surface area contributed by atoms with E-state index in [-0.39, 0.29) is 5.75 Å². The Labute approximate surface area is 103 Å². The number of imidazole rings is 1. The van der Waals surface area contributed by atoms with E-state index in [1.807, 2.05) is 17.7 Å². The van der Waals surface area contributed by atoms with E-state index in [4.69, 9.17) is 5.14 Å². The van der Waals surface area contributed by atoms with Crippen LogP contribution in [0.25, 0.3) is 11.0 Å². The molecule has 2 rings (SSSR count). The van der Waals surface area contributed by atoms with Crippen LogP contribution >= 0.6 is 11.8 Å². The second-order valence-electron chi connectivity index (χ2n) is 3.55. The van der Waals surface area contributed by atoms with E-state index < -0.39 is 10.0 Å². The van der Waals surface area contributed by atoms with Crippen molar-refractivity contribution in [3.05, 3.63) is 18.6 Å². The van der Waals surface area contributed by atoms with Gasteiger partial charge in [0, 0.05) is 19.0 Å². The Bertz CT molecular complexity index is 635. The summed E-state index contributed by atoms with van der Waals surface area (Å²) in [5, 5.41) is 5.66. The lowest BCUT2D eigenvalue weighted by molar-refractivity contribution is 0.599. The summed E-state index contributed by atoms with van der Waals surface area (Å²) in [7, 11) is -1.52. The number of hydrogen-bond donors (Lipinski definition) is 1. The number of aromatic nitrogens is 3. The van der Waals surface area contributed by atoms with Crippen LogP contribution in [0.4, 0.5) is 0 Å². The average Bonchev–Trinajstić information content (AvgIpc) is 2.60. The molecular formula is C9H12N4O2S2. The minimum Gasteiger partial charge on any atom is -0.334 e. The molecule has 0 aromatic carbocycles. The molecule has 8 heteroatoms. The van der Waals surface area contributed by atoms with Gasteiger partial charge in [-0.15, -0.1) is 11.8 Å². The molecule has 2 N–H and O–H groups in total. The van der Waals surface area contributed by atoms with Gasteiger partial charge in [0.1, 0.15) is 10.5 Å². The van der Waals surface area contributed by atoms with Crippen LogP contribution in [0.3, 0.4) is 0 Å². The van der Waals surface area contributed by atoms with Crippen molar-refractivity contribution >= 4 is 32.8 Å². The monoisotopic (exact) mass is 272 g/mol. The lowest BCUT2D eigenvalue weighted by Crippen LogP contribution is -2.17. The molecule has 0 spiro atoms. The highest BCUT2D eigenvalue weighted by Crippen LogP contribution is 2.23. The second kappa shape index (κ2) is 4.63. The maximum atomic E-state index is 10.8. The number of pyridine rings is 1. The molecule has 0 aliphatic carbocycles. The van der Waals surface area contributed by atoms with Gasteiger partial charge >= 0.3 is 0 Å². The molecule has 0 fully saturated rings. The SMILES string of the molecule is Cn1cnc2c(SCCS(N)(=O)=O)nccc21. The Morgan fingerprint density at radius 3 is 2.94 bits per heavy atom. The number of primary sulfonamides is 1. The molecule has 2 aromatic rings. The zero-order chi connectivity index (χ0) is 12.5. The number of fused-ring (bicyclic) bond motifs is 1. The molecule has 2 heterocycles. The average molecular weight is 272 g/mol. The largest absolute Gasteiger partial charge is 0.334 e. The van der Waals surface area contributed by atoms with E-state index >= 15 is 0 Å². The Hall–Kier alpha value is -1.12. The number of hydrogen-bond acceptors (Lipinski definition) is 5. The van der Waals surface area contributed by atoms with E-state index in [9.17, 15) is 8.42 Å². The summed E-state index contributed by atoms with van der Waals surface area (Å²) >= 11 is 1.34. The predicted molar refractivity (Wildman–Crippen MR) is 67.2 cm³/mol. The zero-order valence-corrected chi connectivity index (χ0v) is 10.8. The van der Waals surface area contributed by atoms with E-state index in [2.05, 4.69) is 9.97 Å². The molecule has 0 atom stereocenters. The highest BCUT2D eigenvalue weighted by Gasteiger charge is 2.09. The topological polar surface area (TPSA) is 90.9 Å². The highest BCUT2D eigenvalue weighted by atomic mass is 32.2. The van der Waals surface area contributed by atoms with Gasteiger partial charge in [0.2, 0.25) is 10.0 Å². The number of thioether (sulfide) groups is 1. The third-order valence-corrected chi connectivity index (χ3v) is 4.23. The molecule has 2 aromatic heterocycles. The molecule has 0 bridgehead atoms. The molecule has 0 saturated heterocycles. The number of sulfonamides is 1. The first-order valence-corrected chi connectivity index (χ1v) is 7.57. The third-order valence-electron chi connectivity index (χ3n) is 2.22. The van der Waals surface area contributed by atoms with Crippen molar-refractivity contribution in [2.24, 2.45) is 12.2 Å². The minimum absolute atomic E-state index is 0.0669. The normalized spacial score (nSPS) is 12.1. The van der Waals surface area contributed by atoms with E-state index in [1.54, 1.807) is 12.5 Å². The first kappa shape index (κ1) is 12.3. The summed E-state index contributed by atoms with van der Waals surface area (Å²) in [6.45, 7) is 0. The summed E-state index contributed by atoms with van der Waals surface area (Å²) in [4.78, 5) is 8.42. The van der Waals surface area contributed by atoms with Crippen LogP contribution < -0.4 is 5.14 Å². The molecular weight excluding hydrogens is 260 g/mol. The van der Waals surface area contributed by atoms with Gasteiger partial charge < -0.3 is 4.57 Å². The first-order chi connectivity index (χ1) is 7.97. The first-order valence-electron chi connectivity index (χ1n) is 4.87. The molecule has 92 valence electrons. The summed E-state index contributed by atoms with van der Waals surface area (Å²) in [6.07, 6.45) is 3.39. The Balaban J connectivity index is 2.19. The molecule has 0 aliphatic rings. The lowest BCUT2D eigenvalue weighted by Gasteiger charge is -2.01. The number of rotatable bonds is 4. The maximum Gasteiger partial charge on any atom is 0.209 e. The second-order valence-corrected chi connectivity index (χ2v) is 6.37. The van der Waals surface area contributed by atoms with Crippen molar-refractivity contribution in [3.63, 3.8) is 0 Å². The van der Waals surface area contributed by atoms with Crippen LogP contribution in [0.1, 0.15) is 0 Å². The summed E-state index contributed by atoms with van der Waals surface area (Å²) in [6, 6.07) is 1.87. The van der Waals surface area contributed by atoms with E-state index in [1.165, 1.54) is 11.8 Å². The molecule has 0 saturated carbocycles. The van der Waals surface area contributed by atoms with Crippen molar-refractivity contribution in [1.82, 2.24) is 14.5 Å². The van der Waals surface area contributed by atoms with Crippen molar-refractivity contribution in [2.75, 3.05) is 11.5 Å². The van der Waals surface area contributed by atoms with Gasteiger partial charge in [-0.2, -0.15) is 0 Å². The van der Waals surface area contributed by atoms with Gasteiger partial charge in [-0.25, -0.2) is 23.5 Å². The van der Waals surface area contributed by atoms with Crippen molar-refractivity contribution in [1.29, 1.82) is 0 Å². The van der Waals surface area contributed by atoms with Crippen LogP contribution in [0.2, 0.25) is 0 Å². The fourth-order valence-electron chi connectivity index (χ4n) is 1.40. The van der Waals surface area contributed by atoms with Gasteiger partial charge in [0.15, 0.2) is 0 Å². The Morgan fingerprint density at radius 1 is 1.47 bits per heavy atom. The van der Waals surface area contributed by atoms with Crippen molar-refractivity contribution in [2.45, 2.75) is 5.03 Å². The Morgan fingerprint density at radius 2 is 2.24 bits per heavy atom. The number of aryl methyl sites for hydroxylation is 1. The van der Waals surface area contributed by atoms with E-state index in [0.29, 0.717) is 5.75 Å². The van der Waals surface area contributed by atoms with Crippen LogP contribution in [-0.2, 0) is 17.1 Å².